The van der Waals surface area contributed by atoms with Crippen LogP contribution in [0, 0.1) is 29.6 Å². The van der Waals surface area contributed by atoms with Gasteiger partial charge in [-0.3, -0.25) is 9.69 Å². The van der Waals surface area contributed by atoms with Gasteiger partial charge in [0.1, 0.15) is 29.0 Å². The molecule has 2 saturated carbocycles. The third-order valence-electron chi connectivity index (χ3n) is 10.8. The number of fused-ring (bicyclic) bond motifs is 3. The molecule has 3 N–H and O–H groups in total. The molecule has 0 bridgehead atoms. The van der Waals surface area contributed by atoms with Crippen LogP contribution in [0.2, 0.25) is 0 Å². The summed E-state index contributed by atoms with van der Waals surface area (Å²) in [7, 11) is 1.30. The van der Waals surface area contributed by atoms with Gasteiger partial charge in [0.25, 0.3) is 0 Å². The van der Waals surface area contributed by atoms with Gasteiger partial charge >= 0.3 is 12.2 Å². The molecule has 0 radical (unpaired) electrons. The molecule has 7 atom stereocenters. The topological polar surface area (TPSA) is 146 Å². The largest absolute Gasteiger partial charge is 0.453 e. The van der Waals surface area contributed by atoms with E-state index in [1.807, 2.05) is 56.7 Å². The van der Waals surface area contributed by atoms with Crippen LogP contribution >= 0.6 is 0 Å². The highest BCUT2D eigenvalue weighted by molar-refractivity contribution is 5.88. The summed E-state index contributed by atoms with van der Waals surface area (Å²) in [5, 5.41) is 4.86. The van der Waals surface area contributed by atoms with Gasteiger partial charge in [-0.15, -0.1) is 0 Å². The van der Waals surface area contributed by atoms with E-state index in [4.69, 9.17) is 14.5 Å². The number of imidazole rings is 2. The minimum absolute atomic E-state index is 0.0923. The number of likely N-dealkylation sites (tertiary alicyclic amines) is 2. The number of methoxy groups -OCH3 is 1. The number of H-pyrrole nitrogens is 2. The fourth-order valence-electron chi connectivity index (χ4n) is 8.01. The number of alkyl carbamates (subject to hydrolysis) is 1. The van der Waals surface area contributed by atoms with E-state index in [1.54, 1.807) is 6.20 Å². The predicted octanol–water partition coefficient (Wildman–Crippen LogP) is 6.47. The lowest BCUT2D eigenvalue weighted by Gasteiger charge is -2.31. The van der Waals surface area contributed by atoms with Crippen molar-refractivity contribution < 1.29 is 23.9 Å². The van der Waals surface area contributed by atoms with E-state index >= 15 is 0 Å². The first-order valence-corrected chi connectivity index (χ1v) is 18.2. The molecule has 4 aromatic rings. The molecule has 12 nitrogen and oxygen atoms in total. The number of piperidine rings is 2. The van der Waals surface area contributed by atoms with Crippen molar-refractivity contribution in [1.82, 2.24) is 35.1 Å². The molecule has 2 aromatic carbocycles. The number of hydrogen-bond acceptors (Lipinski definition) is 7. The van der Waals surface area contributed by atoms with Gasteiger partial charge in [0, 0.05) is 23.2 Å². The Labute approximate surface area is 303 Å². The quantitative estimate of drug-likeness (QED) is 0.195. The maximum Gasteiger partial charge on any atom is 0.411 e. The van der Waals surface area contributed by atoms with Gasteiger partial charge in [0.15, 0.2) is 0 Å². The third-order valence-corrected chi connectivity index (χ3v) is 10.8. The summed E-state index contributed by atoms with van der Waals surface area (Å²) < 4.78 is 10.5. The average Bonchev–Trinajstić information content (AvgIpc) is 3.70. The highest BCUT2D eigenvalue weighted by atomic mass is 16.6. The summed E-state index contributed by atoms with van der Waals surface area (Å²) in [6.45, 7) is 9.50. The lowest BCUT2D eigenvalue weighted by atomic mass is 10.0. The summed E-state index contributed by atoms with van der Waals surface area (Å²) in [5.41, 5.74) is 2.90. The van der Waals surface area contributed by atoms with Crippen molar-refractivity contribution in [3.05, 3.63) is 71.7 Å². The first-order valence-electron chi connectivity index (χ1n) is 18.2. The molecule has 4 aliphatic rings. The average molecular weight is 704 g/mol. The molecule has 270 valence electrons. The summed E-state index contributed by atoms with van der Waals surface area (Å²) in [6, 6.07) is 11.8. The van der Waals surface area contributed by atoms with Gasteiger partial charge in [-0.2, -0.15) is 0 Å². The molecule has 2 aliphatic carbocycles. The Bertz CT molecular complexity index is 2120. The Kier molecular flexibility index (Phi) is 8.27. The Hall–Kier alpha value is -5.31. The molecule has 52 heavy (non-hydrogen) atoms. The Morgan fingerprint density at radius 3 is 2.23 bits per heavy atom. The van der Waals surface area contributed by atoms with Crippen LogP contribution in [0.4, 0.5) is 9.59 Å². The number of rotatable bonds is 6. The van der Waals surface area contributed by atoms with Crippen molar-refractivity contribution in [3.63, 3.8) is 0 Å². The number of carbonyl (C=O) groups excluding carboxylic acids is 3. The molecule has 4 heterocycles. The van der Waals surface area contributed by atoms with Crippen molar-refractivity contribution in [2.24, 2.45) is 17.8 Å². The fourth-order valence-corrected chi connectivity index (χ4v) is 8.01. The van der Waals surface area contributed by atoms with E-state index in [0.29, 0.717) is 17.5 Å². The second-order valence-electron chi connectivity index (χ2n) is 16.0. The maximum absolute atomic E-state index is 13.8. The van der Waals surface area contributed by atoms with E-state index in [0.717, 1.165) is 64.9 Å². The van der Waals surface area contributed by atoms with Crippen LogP contribution in [0.5, 0.6) is 0 Å². The van der Waals surface area contributed by atoms with E-state index in [2.05, 4.69) is 62.4 Å². The zero-order valence-electron chi connectivity index (χ0n) is 30.4. The van der Waals surface area contributed by atoms with Crippen LogP contribution in [0.3, 0.4) is 0 Å². The summed E-state index contributed by atoms with van der Waals surface area (Å²) in [5.74, 6) is 8.75. The van der Waals surface area contributed by atoms with Gasteiger partial charge in [-0.05, 0) is 99.1 Å². The third kappa shape index (κ3) is 6.49. The highest BCUT2D eigenvalue weighted by Gasteiger charge is 2.57. The van der Waals surface area contributed by atoms with Gasteiger partial charge in [0.2, 0.25) is 5.91 Å². The van der Waals surface area contributed by atoms with Crippen molar-refractivity contribution >= 4 is 28.9 Å². The van der Waals surface area contributed by atoms with Gasteiger partial charge in [0.05, 0.1) is 37.3 Å². The molecule has 0 spiro atoms. The number of aromatic nitrogens is 4. The van der Waals surface area contributed by atoms with Crippen molar-refractivity contribution in [3.8, 4) is 23.1 Å². The highest BCUT2D eigenvalue weighted by Crippen LogP contribution is 2.54. The van der Waals surface area contributed by atoms with Crippen LogP contribution in [0.15, 0.2) is 48.8 Å². The zero-order chi connectivity index (χ0) is 36.5. The van der Waals surface area contributed by atoms with Gasteiger partial charge in [-0.1, -0.05) is 38.0 Å². The summed E-state index contributed by atoms with van der Waals surface area (Å²) >= 11 is 0. The monoisotopic (exact) mass is 703 g/mol. The molecular formula is C40H45N7O5. The van der Waals surface area contributed by atoms with E-state index in [1.165, 1.54) is 7.11 Å². The van der Waals surface area contributed by atoms with Crippen molar-refractivity contribution in [2.75, 3.05) is 7.11 Å². The molecule has 0 unspecified atom stereocenters. The number of nitrogens with zero attached hydrogens (tertiary/aromatic N) is 4. The number of ether oxygens (including phenoxy) is 2. The number of benzene rings is 2. The molecule has 4 fully saturated rings. The van der Waals surface area contributed by atoms with Crippen LogP contribution in [0.1, 0.15) is 95.3 Å². The molecule has 8 rings (SSSR count). The van der Waals surface area contributed by atoms with Crippen molar-refractivity contribution in [1.29, 1.82) is 0 Å². The van der Waals surface area contributed by atoms with E-state index in [-0.39, 0.29) is 42.1 Å². The predicted molar refractivity (Wildman–Crippen MR) is 194 cm³/mol. The summed E-state index contributed by atoms with van der Waals surface area (Å²) in [4.78, 5) is 58.7. The smallest absolute Gasteiger partial charge is 0.411 e. The lowest BCUT2D eigenvalue weighted by molar-refractivity contribution is -0.136. The minimum Gasteiger partial charge on any atom is -0.453 e. The van der Waals surface area contributed by atoms with Crippen LogP contribution < -0.4 is 5.32 Å². The van der Waals surface area contributed by atoms with E-state index < -0.39 is 17.7 Å². The second kappa shape index (κ2) is 12.7. The first-order chi connectivity index (χ1) is 24.9. The van der Waals surface area contributed by atoms with Gasteiger partial charge in [-0.25, -0.2) is 19.6 Å². The zero-order valence-corrected chi connectivity index (χ0v) is 30.4. The number of hydrogen-bond donors (Lipinski definition) is 3. The number of aromatic amines is 2. The second-order valence-corrected chi connectivity index (χ2v) is 16.0. The lowest BCUT2D eigenvalue weighted by Crippen LogP contribution is -2.52. The minimum atomic E-state index is -0.671. The van der Waals surface area contributed by atoms with Gasteiger partial charge < -0.3 is 29.7 Å². The summed E-state index contributed by atoms with van der Waals surface area (Å²) in [6.07, 6.45) is 6.40. The normalized spacial score (nSPS) is 24.9. The SMILES string of the molecule is COC(=O)N[C@H](C(=O)N1[C@@H]2C[C@@H]2C[C@H]1c1ncc(-c2ccc3cc(C#Cc4cnc([C@@H]5C[C@H]6C[C@H]6N5C(=O)OC(C)(C)C)[nH]4)ccc3c2)[nH]1)C(C)C. The van der Waals surface area contributed by atoms with Crippen molar-refractivity contribution in [2.45, 2.75) is 96.1 Å². The first kappa shape index (κ1) is 33.8. The molecule has 2 aromatic heterocycles. The van der Waals surface area contributed by atoms with Crippen LogP contribution in [-0.4, -0.2) is 78.7 Å². The van der Waals surface area contributed by atoms with Crippen LogP contribution in [0.25, 0.3) is 22.0 Å². The molecular weight excluding hydrogens is 658 g/mol. The number of carbonyl (C=O) groups is 3. The molecule has 3 amide bonds. The number of amides is 3. The van der Waals surface area contributed by atoms with Crippen LogP contribution in [-0.2, 0) is 14.3 Å². The number of nitrogens with one attached hydrogen (secondary N) is 3. The standard InChI is InChI=1S/C40H45N7O5/c1-21(2)34(45-38(49)51-6)37(48)46-30-15-26(30)17-32(46)36-42-20-29(44-36)25-11-10-23-13-22(7-9-24(23)14-25)8-12-28-19-41-35(43-28)33-18-27-16-31(27)47(33)39(50)52-40(3,4)5/h7,9-11,13-14,19-21,26-27,30-34H,15-18H2,1-6H3,(H,41,43)(H,42,44)(H,45,49)/t26-,27-,30-,31-,32+,33+,34+/m1/s1. The Morgan fingerprint density at radius 1 is 0.865 bits per heavy atom. The molecule has 2 saturated heterocycles. The van der Waals surface area contributed by atoms with E-state index in [9.17, 15) is 14.4 Å². The Balaban J connectivity index is 0.956. The maximum atomic E-state index is 13.8. The Morgan fingerprint density at radius 2 is 1.52 bits per heavy atom. The molecule has 12 heteroatoms. The molecule has 2 aliphatic heterocycles. The fraction of sp³-hybridized carbons (Fsp3) is 0.475.